The van der Waals surface area contributed by atoms with Crippen molar-refractivity contribution < 1.29 is 23.9 Å². The lowest BCUT2D eigenvalue weighted by Crippen LogP contribution is -2.22. The van der Waals surface area contributed by atoms with E-state index in [2.05, 4.69) is 5.32 Å². The molecule has 1 aromatic rings. The van der Waals surface area contributed by atoms with E-state index in [1.54, 1.807) is 6.92 Å². The minimum atomic E-state index is -0.777. The van der Waals surface area contributed by atoms with Crippen LogP contribution in [0.4, 0.5) is 5.69 Å². The molecule has 0 aliphatic heterocycles. The molecule has 7 heteroatoms. The molecule has 0 aliphatic rings. The minimum Gasteiger partial charge on any atom is -0.495 e. The van der Waals surface area contributed by atoms with E-state index in [-0.39, 0.29) is 25.9 Å². The Labute approximate surface area is 134 Å². The number of amides is 1. The second kappa shape index (κ2) is 9.20. The lowest BCUT2D eigenvalue weighted by atomic mass is 10.1. The van der Waals surface area contributed by atoms with Crippen molar-refractivity contribution in [3.63, 3.8) is 0 Å². The van der Waals surface area contributed by atoms with Gasteiger partial charge in [-0.25, -0.2) is 0 Å². The Hall–Kier alpha value is -2.88. The molecule has 0 aromatic heterocycles. The summed E-state index contributed by atoms with van der Waals surface area (Å²) >= 11 is 0. The van der Waals surface area contributed by atoms with E-state index in [0.29, 0.717) is 17.0 Å². The molecule has 0 heterocycles. The maximum Gasteiger partial charge on any atom is 0.305 e. The van der Waals surface area contributed by atoms with Crippen molar-refractivity contribution >= 4 is 23.3 Å². The number of ketones is 1. The van der Waals surface area contributed by atoms with E-state index in [9.17, 15) is 14.4 Å². The van der Waals surface area contributed by atoms with Crippen LogP contribution < -0.4 is 10.1 Å². The number of methoxy groups -OCH3 is 1. The number of ether oxygens (including phenoxy) is 2. The Bertz CT molecular complexity index is 634. The number of nitrogens with zero attached hydrogens (tertiary/aromatic N) is 1. The number of rotatable bonds is 8. The van der Waals surface area contributed by atoms with Crippen LogP contribution in [0.15, 0.2) is 18.2 Å². The molecule has 0 saturated carbocycles. The number of carbonyl (C=O) groups excluding carboxylic acids is 3. The zero-order chi connectivity index (χ0) is 17.2. The van der Waals surface area contributed by atoms with Gasteiger partial charge >= 0.3 is 5.97 Å². The number of Topliss-reactive ketones (excluding diaryl/α,β-unsaturated/α-hetero) is 1. The smallest absolute Gasteiger partial charge is 0.305 e. The summed E-state index contributed by atoms with van der Waals surface area (Å²) < 4.78 is 9.76. The fourth-order valence-electron chi connectivity index (χ4n) is 1.80. The van der Waals surface area contributed by atoms with Crippen molar-refractivity contribution in [3.8, 4) is 11.8 Å². The van der Waals surface area contributed by atoms with E-state index in [4.69, 9.17) is 14.7 Å². The predicted molar refractivity (Wildman–Crippen MR) is 81.8 cm³/mol. The van der Waals surface area contributed by atoms with Crippen molar-refractivity contribution in [2.75, 3.05) is 19.0 Å². The monoisotopic (exact) mass is 318 g/mol. The quantitative estimate of drug-likeness (QED) is 0.579. The molecular formula is C16H18N2O5. The summed E-state index contributed by atoms with van der Waals surface area (Å²) in [5.41, 5.74) is 0.677. The van der Waals surface area contributed by atoms with Crippen LogP contribution in [0.5, 0.6) is 5.75 Å². The summed E-state index contributed by atoms with van der Waals surface area (Å²) in [6, 6.07) is 6.40. The topological polar surface area (TPSA) is 105 Å². The summed E-state index contributed by atoms with van der Waals surface area (Å²) in [5, 5.41) is 11.3. The number of esters is 1. The van der Waals surface area contributed by atoms with Gasteiger partial charge in [0.1, 0.15) is 11.8 Å². The van der Waals surface area contributed by atoms with Crippen molar-refractivity contribution in [2.24, 2.45) is 0 Å². The number of carbonyl (C=O) groups is 3. The maximum atomic E-state index is 11.8. The maximum absolute atomic E-state index is 11.8. The Balaban J connectivity index is 2.54. The molecule has 0 bridgehead atoms. The highest BCUT2D eigenvalue weighted by molar-refractivity contribution is 6.40. The molecule has 1 amide bonds. The van der Waals surface area contributed by atoms with Gasteiger partial charge in [-0.1, -0.05) is 0 Å². The molecule has 1 rings (SSSR count). The molecule has 0 saturated heterocycles. The molecule has 1 aromatic carbocycles. The Kier molecular flexibility index (Phi) is 7.27. The highest BCUT2D eigenvalue weighted by Crippen LogP contribution is 2.22. The molecule has 23 heavy (non-hydrogen) atoms. The zero-order valence-electron chi connectivity index (χ0n) is 13.0. The van der Waals surface area contributed by atoms with Gasteiger partial charge in [-0.3, -0.25) is 14.4 Å². The third-order valence-electron chi connectivity index (χ3n) is 2.92. The van der Waals surface area contributed by atoms with Gasteiger partial charge in [-0.05, 0) is 25.5 Å². The average molecular weight is 318 g/mol. The Morgan fingerprint density at radius 2 is 2.00 bits per heavy atom. The third kappa shape index (κ3) is 5.79. The molecule has 0 fully saturated rings. The van der Waals surface area contributed by atoms with Gasteiger partial charge in [-0.15, -0.1) is 0 Å². The van der Waals surface area contributed by atoms with Crippen molar-refractivity contribution in [1.29, 1.82) is 5.26 Å². The number of anilines is 1. The molecule has 7 nitrogen and oxygen atoms in total. The van der Waals surface area contributed by atoms with Crippen LogP contribution in [0, 0.1) is 11.3 Å². The molecule has 0 aliphatic carbocycles. The highest BCUT2D eigenvalue weighted by atomic mass is 16.5. The van der Waals surface area contributed by atoms with Crippen LogP contribution in [-0.4, -0.2) is 31.4 Å². The molecule has 0 unspecified atom stereocenters. The van der Waals surface area contributed by atoms with Crippen LogP contribution in [0.25, 0.3) is 0 Å². The van der Waals surface area contributed by atoms with Gasteiger partial charge in [0.2, 0.25) is 5.78 Å². The largest absolute Gasteiger partial charge is 0.495 e. The van der Waals surface area contributed by atoms with Gasteiger partial charge in [0.05, 0.1) is 19.3 Å². The Morgan fingerprint density at radius 3 is 2.61 bits per heavy atom. The summed E-state index contributed by atoms with van der Waals surface area (Å²) in [7, 11) is 1.41. The number of nitriles is 1. The minimum absolute atomic E-state index is 0.0436. The standard InChI is InChI=1S/C16H18N2O5/c1-3-23-15(20)6-4-5-13(19)16(21)18-12-8-7-11(10-17)14(9-12)22-2/h7-9H,3-6H2,1-2H3,(H,18,21). The van der Waals surface area contributed by atoms with E-state index in [0.717, 1.165) is 0 Å². The summed E-state index contributed by atoms with van der Waals surface area (Å²) in [6.45, 7) is 1.98. The SMILES string of the molecule is CCOC(=O)CCCC(=O)C(=O)Nc1ccc(C#N)c(OC)c1. The van der Waals surface area contributed by atoms with E-state index in [1.165, 1.54) is 25.3 Å². The van der Waals surface area contributed by atoms with E-state index >= 15 is 0 Å². The second-order valence-electron chi connectivity index (χ2n) is 4.56. The number of hydrogen-bond donors (Lipinski definition) is 1. The van der Waals surface area contributed by atoms with E-state index in [1.807, 2.05) is 6.07 Å². The summed E-state index contributed by atoms with van der Waals surface area (Å²) in [6.07, 6.45) is 0.303. The first-order valence-corrected chi connectivity index (χ1v) is 7.09. The third-order valence-corrected chi connectivity index (χ3v) is 2.92. The fraction of sp³-hybridized carbons (Fsp3) is 0.375. The molecule has 0 radical (unpaired) electrons. The van der Waals surface area contributed by atoms with Crippen molar-refractivity contribution in [1.82, 2.24) is 0 Å². The molecule has 1 N–H and O–H groups in total. The van der Waals surface area contributed by atoms with Crippen LogP contribution in [0.1, 0.15) is 31.7 Å². The molecule has 0 spiro atoms. The van der Waals surface area contributed by atoms with Gasteiger partial charge < -0.3 is 14.8 Å². The molecule has 0 atom stereocenters. The molecule has 122 valence electrons. The van der Waals surface area contributed by atoms with Gasteiger partial charge in [0.25, 0.3) is 5.91 Å². The van der Waals surface area contributed by atoms with Crippen LogP contribution in [0.3, 0.4) is 0 Å². The second-order valence-corrected chi connectivity index (χ2v) is 4.56. The lowest BCUT2D eigenvalue weighted by molar-refractivity contribution is -0.143. The normalized spacial score (nSPS) is 9.61. The summed E-state index contributed by atoms with van der Waals surface area (Å²) in [5.74, 6) is -1.49. The average Bonchev–Trinajstić information content (AvgIpc) is 2.54. The predicted octanol–water partition coefficient (Wildman–Crippen LogP) is 1.81. The number of benzene rings is 1. The zero-order valence-corrected chi connectivity index (χ0v) is 13.0. The highest BCUT2D eigenvalue weighted by Gasteiger charge is 2.15. The van der Waals surface area contributed by atoms with Crippen LogP contribution >= 0.6 is 0 Å². The Morgan fingerprint density at radius 1 is 1.26 bits per heavy atom. The fourth-order valence-corrected chi connectivity index (χ4v) is 1.80. The van der Waals surface area contributed by atoms with Gasteiger partial charge in [-0.2, -0.15) is 5.26 Å². The first-order chi connectivity index (χ1) is 11.0. The lowest BCUT2D eigenvalue weighted by Gasteiger charge is -2.08. The van der Waals surface area contributed by atoms with Crippen molar-refractivity contribution in [2.45, 2.75) is 26.2 Å². The summed E-state index contributed by atoms with van der Waals surface area (Å²) in [4.78, 5) is 34.6. The number of nitrogens with one attached hydrogen (secondary N) is 1. The number of hydrogen-bond acceptors (Lipinski definition) is 6. The van der Waals surface area contributed by atoms with E-state index < -0.39 is 17.7 Å². The van der Waals surface area contributed by atoms with Crippen LogP contribution in [-0.2, 0) is 19.1 Å². The molecular weight excluding hydrogens is 300 g/mol. The van der Waals surface area contributed by atoms with Gasteiger partial charge in [0, 0.05) is 24.6 Å². The van der Waals surface area contributed by atoms with Crippen LogP contribution in [0.2, 0.25) is 0 Å². The first-order valence-electron chi connectivity index (χ1n) is 7.09. The van der Waals surface area contributed by atoms with Gasteiger partial charge in [0.15, 0.2) is 0 Å². The first kappa shape index (κ1) is 18.2. The van der Waals surface area contributed by atoms with Crippen molar-refractivity contribution in [3.05, 3.63) is 23.8 Å².